The predicted octanol–water partition coefficient (Wildman–Crippen LogP) is 10.0. The maximum Gasteiger partial charge on any atom is 0.350 e. The summed E-state index contributed by atoms with van der Waals surface area (Å²) in [4.78, 5) is 0. The standard InChI is InChI=1S/C28H60NO3P/c1-6-10-14-15-16-17-18-19-20-21-22-23-25-29-28(5,24-11-7-2)33(30,31-26-12-8-3)32-27-13-9-4/h29H,6-27H2,1-5H3. The lowest BCUT2D eigenvalue weighted by Crippen LogP contribution is -2.44. The molecule has 0 aromatic carbocycles. The molecule has 0 rings (SSSR count). The first-order valence-corrected chi connectivity index (χ1v) is 16.2. The average molecular weight is 490 g/mol. The Balaban J connectivity index is 4.40. The van der Waals surface area contributed by atoms with Crippen LogP contribution in [-0.2, 0) is 13.6 Å². The van der Waals surface area contributed by atoms with E-state index in [1.54, 1.807) is 0 Å². The van der Waals surface area contributed by atoms with Gasteiger partial charge in [0, 0.05) is 0 Å². The monoisotopic (exact) mass is 489 g/mol. The first kappa shape index (κ1) is 33.1. The van der Waals surface area contributed by atoms with Crippen LogP contribution in [0.25, 0.3) is 0 Å². The normalized spacial score (nSPS) is 14.0. The smallest absolute Gasteiger partial charge is 0.307 e. The van der Waals surface area contributed by atoms with E-state index in [0.717, 1.165) is 57.9 Å². The second-order valence-corrected chi connectivity index (χ2v) is 12.6. The van der Waals surface area contributed by atoms with E-state index in [4.69, 9.17) is 9.05 Å². The first-order valence-electron chi connectivity index (χ1n) is 14.6. The van der Waals surface area contributed by atoms with Crippen molar-refractivity contribution in [2.75, 3.05) is 19.8 Å². The molecule has 0 fully saturated rings. The number of nitrogens with one attached hydrogen (secondary N) is 1. The second kappa shape index (κ2) is 22.6. The van der Waals surface area contributed by atoms with Gasteiger partial charge in [-0.3, -0.25) is 4.57 Å². The molecule has 0 aliphatic carbocycles. The summed E-state index contributed by atoms with van der Waals surface area (Å²) in [5.74, 6) is 0. The molecule has 5 heteroatoms. The minimum Gasteiger partial charge on any atom is -0.307 e. The summed E-state index contributed by atoms with van der Waals surface area (Å²) in [7, 11) is -3.23. The van der Waals surface area contributed by atoms with E-state index in [0.29, 0.717) is 13.2 Å². The molecule has 4 nitrogen and oxygen atoms in total. The van der Waals surface area contributed by atoms with Crippen LogP contribution in [-0.4, -0.2) is 25.0 Å². The van der Waals surface area contributed by atoms with Crippen LogP contribution in [0, 0.1) is 0 Å². The zero-order valence-electron chi connectivity index (χ0n) is 23.2. The van der Waals surface area contributed by atoms with Crippen LogP contribution in [0.2, 0.25) is 0 Å². The summed E-state index contributed by atoms with van der Waals surface area (Å²) < 4.78 is 26.0. The lowest BCUT2D eigenvalue weighted by Gasteiger charge is -2.37. The summed E-state index contributed by atoms with van der Waals surface area (Å²) in [5.41, 5.74) is 0. The molecule has 0 saturated heterocycles. The molecule has 0 aliphatic heterocycles. The van der Waals surface area contributed by atoms with Crippen molar-refractivity contribution in [3.05, 3.63) is 0 Å². The van der Waals surface area contributed by atoms with Gasteiger partial charge in [-0.15, -0.1) is 0 Å². The van der Waals surface area contributed by atoms with Crippen molar-refractivity contribution in [2.45, 2.75) is 162 Å². The Morgan fingerprint density at radius 1 is 0.576 bits per heavy atom. The Kier molecular flexibility index (Phi) is 22.6. The molecule has 0 aliphatic rings. The molecule has 0 saturated carbocycles. The summed E-state index contributed by atoms with van der Waals surface area (Å²) in [6.45, 7) is 12.7. The topological polar surface area (TPSA) is 47.6 Å². The average Bonchev–Trinajstić information content (AvgIpc) is 2.81. The van der Waals surface area contributed by atoms with Crippen molar-refractivity contribution in [2.24, 2.45) is 0 Å². The van der Waals surface area contributed by atoms with Crippen LogP contribution >= 0.6 is 7.60 Å². The van der Waals surface area contributed by atoms with Crippen molar-refractivity contribution in [3.8, 4) is 0 Å². The van der Waals surface area contributed by atoms with Gasteiger partial charge in [0.25, 0.3) is 0 Å². The van der Waals surface area contributed by atoms with Crippen LogP contribution in [0.1, 0.15) is 157 Å². The number of rotatable bonds is 26. The van der Waals surface area contributed by atoms with Crippen LogP contribution in [0.5, 0.6) is 0 Å². The summed E-state index contributed by atoms with van der Waals surface area (Å²) in [6.07, 6.45) is 23.0. The third-order valence-corrected chi connectivity index (χ3v) is 9.31. The fourth-order valence-corrected chi connectivity index (χ4v) is 6.27. The van der Waals surface area contributed by atoms with Crippen LogP contribution in [0.4, 0.5) is 0 Å². The zero-order chi connectivity index (χ0) is 24.7. The van der Waals surface area contributed by atoms with Gasteiger partial charge in [-0.1, -0.05) is 124 Å². The summed E-state index contributed by atoms with van der Waals surface area (Å²) in [5, 5.41) is 3.05. The van der Waals surface area contributed by atoms with Crippen molar-refractivity contribution in [3.63, 3.8) is 0 Å². The lowest BCUT2D eigenvalue weighted by molar-refractivity contribution is 0.169. The van der Waals surface area contributed by atoms with Gasteiger partial charge < -0.3 is 14.4 Å². The predicted molar refractivity (Wildman–Crippen MR) is 146 cm³/mol. The van der Waals surface area contributed by atoms with Crippen molar-refractivity contribution in [1.29, 1.82) is 0 Å². The fourth-order valence-electron chi connectivity index (χ4n) is 4.15. The van der Waals surface area contributed by atoms with Crippen molar-refractivity contribution >= 4 is 7.60 Å². The van der Waals surface area contributed by atoms with Gasteiger partial charge in [-0.2, -0.15) is 0 Å². The SMILES string of the molecule is CCCCCCCCCCCCCCNC(C)(CCCC)P(=O)(OCCCC)OCCCC. The molecule has 0 amide bonds. The van der Waals surface area contributed by atoms with E-state index in [1.807, 2.05) is 0 Å². The zero-order valence-corrected chi connectivity index (χ0v) is 24.1. The van der Waals surface area contributed by atoms with Gasteiger partial charge in [0.2, 0.25) is 0 Å². The molecule has 1 N–H and O–H groups in total. The number of hydrogen-bond donors (Lipinski definition) is 1. The van der Waals surface area contributed by atoms with E-state index in [1.165, 1.54) is 70.6 Å². The Morgan fingerprint density at radius 3 is 1.39 bits per heavy atom. The molecule has 0 aromatic rings. The van der Waals surface area contributed by atoms with Gasteiger partial charge >= 0.3 is 7.60 Å². The summed E-state index contributed by atoms with van der Waals surface area (Å²) >= 11 is 0. The highest BCUT2D eigenvalue weighted by Crippen LogP contribution is 2.60. The van der Waals surface area contributed by atoms with Crippen molar-refractivity contribution < 1.29 is 13.6 Å². The van der Waals surface area contributed by atoms with Crippen LogP contribution < -0.4 is 5.32 Å². The molecule has 0 spiro atoms. The Labute approximate surface area is 208 Å². The molecule has 1 unspecified atom stereocenters. The fraction of sp³-hybridized carbons (Fsp3) is 1.00. The number of hydrogen-bond acceptors (Lipinski definition) is 4. The maximum absolute atomic E-state index is 13.9. The van der Waals surface area contributed by atoms with Crippen LogP contribution in [0.3, 0.4) is 0 Å². The maximum atomic E-state index is 13.9. The molecular formula is C28H60NO3P. The highest BCUT2D eigenvalue weighted by molar-refractivity contribution is 7.55. The third-order valence-electron chi connectivity index (χ3n) is 6.68. The molecule has 33 heavy (non-hydrogen) atoms. The van der Waals surface area contributed by atoms with Gasteiger partial charge in [0.1, 0.15) is 5.28 Å². The second-order valence-electron chi connectivity index (χ2n) is 10.1. The number of unbranched alkanes of at least 4 members (excludes halogenated alkanes) is 14. The van der Waals surface area contributed by atoms with Crippen molar-refractivity contribution in [1.82, 2.24) is 5.32 Å². The van der Waals surface area contributed by atoms with E-state index < -0.39 is 12.9 Å². The molecule has 0 bridgehead atoms. The Bertz CT molecular complexity index is 446. The molecule has 200 valence electrons. The first-order chi connectivity index (χ1) is 16.0. The minimum atomic E-state index is -3.23. The quantitative estimate of drug-likeness (QED) is 0.0969. The van der Waals surface area contributed by atoms with E-state index in [-0.39, 0.29) is 0 Å². The van der Waals surface area contributed by atoms with E-state index in [9.17, 15) is 4.57 Å². The highest BCUT2D eigenvalue weighted by Gasteiger charge is 2.46. The molecule has 0 radical (unpaired) electrons. The van der Waals surface area contributed by atoms with Gasteiger partial charge in [0.05, 0.1) is 13.2 Å². The van der Waals surface area contributed by atoms with E-state index >= 15 is 0 Å². The minimum absolute atomic E-state index is 0.516. The molecular weight excluding hydrogens is 429 g/mol. The lowest BCUT2D eigenvalue weighted by atomic mass is 10.1. The highest BCUT2D eigenvalue weighted by atomic mass is 31.2. The Hall–Kier alpha value is 0.110. The molecule has 0 aromatic heterocycles. The Morgan fingerprint density at radius 2 is 0.970 bits per heavy atom. The van der Waals surface area contributed by atoms with Gasteiger partial charge in [-0.05, 0) is 39.2 Å². The van der Waals surface area contributed by atoms with Gasteiger partial charge in [-0.25, -0.2) is 0 Å². The summed E-state index contributed by atoms with van der Waals surface area (Å²) in [6, 6.07) is 0. The molecule has 1 atom stereocenters. The van der Waals surface area contributed by atoms with E-state index in [2.05, 4.69) is 39.9 Å². The largest absolute Gasteiger partial charge is 0.350 e. The van der Waals surface area contributed by atoms with Gasteiger partial charge in [0.15, 0.2) is 0 Å². The molecule has 0 heterocycles. The third kappa shape index (κ3) is 16.4. The van der Waals surface area contributed by atoms with Crippen LogP contribution in [0.15, 0.2) is 0 Å².